The topological polar surface area (TPSA) is 57.0 Å². The molecule has 1 fully saturated rings. The van der Waals surface area contributed by atoms with Gasteiger partial charge in [-0.05, 0) is 23.8 Å². The number of rotatable bonds is 3. The van der Waals surface area contributed by atoms with Gasteiger partial charge in [-0.3, -0.25) is 10.4 Å². The highest BCUT2D eigenvalue weighted by Crippen LogP contribution is 2.29. The Morgan fingerprint density at radius 3 is 2.74 bits per heavy atom. The predicted octanol–water partition coefficient (Wildman–Crippen LogP) is 2.39. The Morgan fingerprint density at radius 2 is 1.97 bits per heavy atom. The quantitative estimate of drug-likeness (QED) is 0.638. The van der Waals surface area contributed by atoms with Gasteiger partial charge in [0.25, 0.3) is 0 Å². The first-order valence-electron chi connectivity index (χ1n) is 10.3. The maximum absolute atomic E-state index is 13.7. The van der Waals surface area contributed by atoms with Gasteiger partial charge in [-0.1, -0.05) is 23.7 Å². The van der Waals surface area contributed by atoms with Crippen molar-refractivity contribution in [3.8, 4) is 0 Å². The lowest BCUT2D eigenvalue weighted by Crippen LogP contribution is -3.08. The Labute approximate surface area is 183 Å². The van der Waals surface area contributed by atoms with Gasteiger partial charge in [0.15, 0.2) is 17.8 Å². The molecule has 0 saturated carbocycles. The first kappa shape index (κ1) is 20.0. The molecule has 5 rings (SSSR count). The largest absolute Gasteiger partial charge is 0.352 e. The highest BCUT2D eigenvalue weighted by atomic mass is 35.5. The van der Waals surface area contributed by atoms with Crippen molar-refractivity contribution in [2.45, 2.75) is 25.0 Å². The number of hydrogen-bond acceptors (Lipinski definition) is 5. The third-order valence-corrected chi connectivity index (χ3v) is 6.07. The van der Waals surface area contributed by atoms with Crippen molar-refractivity contribution in [1.29, 1.82) is 0 Å². The second-order valence-corrected chi connectivity index (χ2v) is 8.24. The van der Waals surface area contributed by atoms with E-state index in [4.69, 9.17) is 16.6 Å². The maximum Gasteiger partial charge on any atom is 0.213 e. The monoisotopic (exact) mass is 443 g/mol. The lowest BCUT2D eigenvalue weighted by molar-refractivity contribution is -0.838. The predicted molar refractivity (Wildman–Crippen MR) is 115 cm³/mol. The zero-order valence-electron chi connectivity index (χ0n) is 16.7. The number of hydrazine groups is 1. The summed E-state index contributed by atoms with van der Waals surface area (Å²) in [6.45, 7) is 1.97. The third kappa shape index (κ3) is 4.13. The number of nitrogens with one attached hydrogen (secondary N) is 3. The van der Waals surface area contributed by atoms with Crippen LogP contribution in [-0.4, -0.2) is 41.2 Å². The first-order valence-corrected chi connectivity index (χ1v) is 10.6. The number of guanidine groups is 1. The summed E-state index contributed by atoms with van der Waals surface area (Å²) in [7, 11) is 0. The van der Waals surface area contributed by atoms with Crippen molar-refractivity contribution >= 4 is 28.8 Å². The Morgan fingerprint density at radius 1 is 1.13 bits per heavy atom. The highest BCUT2D eigenvalue weighted by Gasteiger charge is 2.32. The average Bonchev–Trinajstić information content (AvgIpc) is 3.19. The lowest BCUT2D eigenvalue weighted by Gasteiger charge is -2.30. The van der Waals surface area contributed by atoms with E-state index in [9.17, 15) is 8.78 Å². The van der Waals surface area contributed by atoms with Crippen molar-refractivity contribution in [3.63, 3.8) is 0 Å². The van der Waals surface area contributed by atoms with Crippen molar-refractivity contribution in [2.75, 3.05) is 13.1 Å². The highest BCUT2D eigenvalue weighted by molar-refractivity contribution is 6.29. The molecular formula is C22H22ClF2N6+. The number of aromatic nitrogens is 1. The van der Waals surface area contributed by atoms with E-state index in [0.717, 1.165) is 37.6 Å². The molecule has 1 atom stereocenters. The molecule has 0 bridgehead atoms. The molecule has 0 spiro atoms. The van der Waals surface area contributed by atoms with E-state index in [1.165, 1.54) is 16.7 Å². The summed E-state index contributed by atoms with van der Waals surface area (Å²) in [6.07, 6.45) is 9.01. The molecule has 3 N–H and O–H groups in total. The van der Waals surface area contributed by atoms with Crippen LogP contribution in [0.2, 0.25) is 5.15 Å². The van der Waals surface area contributed by atoms with Crippen LogP contribution in [0, 0.1) is 11.6 Å². The molecule has 1 aromatic heterocycles. The molecular weight excluding hydrogens is 422 g/mol. The second kappa shape index (κ2) is 8.28. The molecule has 0 amide bonds. The van der Waals surface area contributed by atoms with Gasteiger partial charge < -0.3 is 10.2 Å². The van der Waals surface area contributed by atoms with E-state index in [1.807, 2.05) is 35.5 Å². The minimum atomic E-state index is -0.863. The molecule has 0 radical (unpaired) electrons. The standard InChI is InChI=1S/C22H21ClF2N6/c23-20-13-16(5-8-26-20)30-10-6-15(7-11-30)27-22-28-21-17(2-1-9-31(21)29-22)14-3-4-18(24)19(25)12-14/h1-5,8-9,12-13,15,21H,6-7,10-11H2,(H2,27,28,29)/p+1. The number of nitrogens with zero attached hydrogens (tertiary/aromatic N) is 3. The van der Waals surface area contributed by atoms with Crippen LogP contribution in [0.1, 0.15) is 18.4 Å². The number of quaternary nitrogens is 1. The van der Waals surface area contributed by atoms with Gasteiger partial charge in [0.2, 0.25) is 5.96 Å². The summed E-state index contributed by atoms with van der Waals surface area (Å²) in [5, 5.41) is 5.88. The molecule has 6 nitrogen and oxygen atoms in total. The number of fused-ring (bicyclic) bond motifs is 1. The Bertz CT molecular complexity index is 1080. The summed E-state index contributed by atoms with van der Waals surface area (Å²) in [4.78, 5) is 10.2. The molecule has 3 aliphatic heterocycles. The summed E-state index contributed by atoms with van der Waals surface area (Å²) in [5.74, 6) is -1.03. The van der Waals surface area contributed by atoms with Crippen molar-refractivity contribution in [3.05, 3.63) is 77.2 Å². The zero-order valence-corrected chi connectivity index (χ0v) is 17.4. The van der Waals surface area contributed by atoms with Gasteiger partial charge in [-0.2, -0.15) is 0 Å². The average molecular weight is 444 g/mol. The number of halogens is 3. The number of benzene rings is 1. The van der Waals surface area contributed by atoms with Gasteiger partial charge >= 0.3 is 0 Å². The molecule has 9 heteroatoms. The van der Waals surface area contributed by atoms with Gasteiger partial charge in [0.05, 0.1) is 13.1 Å². The molecule has 2 aromatic rings. The van der Waals surface area contributed by atoms with E-state index in [0.29, 0.717) is 22.7 Å². The minimum absolute atomic E-state index is 0.299. The molecule has 4 heterocycles. The smallest absolute Gasteiger partial charge is 0.213 e. The van der Waals surface area contributed by atoms with Crippen LogP contribution < -0.4 is 15.6 Å². The van der Waals surface area contributed by atoms with E-state index in [2.05, 4.69) is 15.7 Å². The number of pyridine rings is 1. The van der Waals surface area contributed by atoms with E-state index in [1.54, 1.807) is 12.3 Å². The lowest BCUT2D eigenvalue weighted by atomic mass is 10.0. The first-order chi connectivity index (χ1) is 15.1. The molecule has 160 valence electrons. The van der Waals surface area contributed by atoms with Gasteiger partial charge in [-0.25, -0.2) is 18.8 Å². The van der Waals surface area contributed by atoms with Crippen LogP contribution in [-0.2, 0) is 0 Å². The fourth-order valence-electron chi connectivity index (χ4n) is 4.27. The molecule has 0 aliphatic carbocycles. The summed E-state index contributed by atoms with van der Waals surface area (Å²) < 4.78 is 27.1. The number of aliphatic imine (C=N–C) groups is 1. The van der Waals surface area contributed by atoms with Gasteiger partial charge in [0.1, 0.15) is 10.8 Å². The number of allylic oxidation sites excluding steroid dienone is 2. The van der Waals surface area contributed by atoms with E-state index < -0.39 is 11.6 Å². The van der Waals surface area contributed by atoms with Crippen LogP contribution in [0.4, 0.5) is 14.5 Å². The van der Waals surface area contributed by atoms with E-state index >= 15 is 0 Å². The molecule has 1 unspecified atom stereocenters. The van der Waals surface area contributed by atoms with Crippen molar-refractivity contribution in [1.82, 2.24) is 20.7 Å². The van der Waals surface area contributed by atoms with Gasteiger partial charge in [0, 0.05) is 49.0 Å². The normalized spacial score (nSPS) is 24.9. The summed E-state index contributed by atoms with van der Waals surface area (Å²) >= 11 is 6.02. The number of hydrogen-bond donors (Lipinski definition) is 3. The Balaban J connectivity index is 1.24. The van der Waals surface area contributed by atoms with Crippen LogP contribution >= 0.6 is 11.6 Å². The summed E-state index contributed by atoms with van der Waals surface area (Å²) in [6, 6.07) is 8.16. The molecule has 1 aromatic carbocycles. The van der Waals surface area contributed by atoms with Crippen LogP contribution in [0.3, 0.4) is 0 Å². The summed E-state index contributed by atoms with van der Waals surface area (Å²) in [5.41, 5.74) is 5.84. The van der Waals surface area contributed by atoms with Crippen LogP contribution in [0.15, 0.2) is 59.9 Å². The minimum Gasteiger partial charge on any atom is -0.352 e. The van der Waals surface area contributed by atoms with Crippen molar-refractivity contribution < 1.29 is 13.7 Å². The number of piperidine rings is 1. The van der Waals surface area contributed by atoms with Crippen LogP contribution in [0.25, 0.3) is 5.57 Å². The second-order valence-electron chi connectivity index (χ2n) is 7.85. The zero-order chi connectivity index (χ0) is 21.4. The molecule has 3 aliphatic rings. The Kier molecular flexibility index (Phi) is 5.33. The molecule has 1 saturated heterocycles. The fraction of sp³-hybridized carbons (Fsp3) is 0.273. The van der Waals surface area contributed by atoms with E-state index in [-0.39, 0.29) is 6.17 Å². The fourth-order valence-corrected chi connectivity index (χ4v) is 4.44. The van der Waals surface area contributed by atoms with Crippen molar-refractivity contribution in [2.24, 2.45) is 4.99 Å². The third-order valence-electron chi connectivity index (χ3n) is 5.87. The van der Waals surface area contributed by atoms with Crippen LogP contribution in [0.5, 0.6) is 0 Å². The maximum atomic E-state index is 13.7. The molecule has 31 heavy (non-hydrogen) atoms. The Hall–Kier alpha value is -2.97. The van der Waals surface area contributed by atoms with Gasteiger partial charge in [-0.15, -0.1) is 0 Å². The SMILES string of the molecule is Fc1ccc(C2=CC=CN3NC(NC4CC[NH+](c5ccnc(Cl)c5)CC4)=NC23)cc1F.